The van der Waals surface area contributed by atoms with Gasteiger partial charge in [-0.25, -0.2) is 0 Å². The summed E-state index contributed by atoms with van der Waals surface area (Å²) in [6.45, 7) is 2.81. The first-order chi connectivity index (χ1) is 8.36. The van der Waals surface area contributed by atoms with Gasteiger partial charge in [0.05, 0.1) is 6.61 Å². The number of aliphatic imine (C=N–C) groups is 1. The van der Waals surface area contributed by atoms with Crippen molar-refractivity contribution in [1.29, 1.82) is 0 Å². The van der Waals surface area contributed by atoms with Gasteiger partial charge in [0, 0.05) is 30.4 Å². The van der Waals surface area contributed by atoms with Crippen LogP contribution in [0.3, 0.4) is 0 Å². The van der Waals surface area contributed by atoms with E-state index in [9.17, 15) is 0 Å². The highest BCUT2D eigenvalue weighted by Gasteiger charge is 2.39. The van der Waals surface area contributed by atoms with Gasteiger partial charge in [0.1, 0.15) is 0 Å². The molecule has 0 aromatic rings. The van der Waals surface area contributed by atoms with Crippen molar-refractivity contribution in [3.8, 4) is 0 Å². The third-order valence-corrected chi connectivity index (χ3v) is 5.37. The third-order valence-electron chi connectivity index (χ3n) is 4.17. The maximum atomic E-state index is 5.49. The van der Waals surface area contributed by atoms with Gasteiger partial charge in [0.15, 0.2) is 5.17 Å². The summed E-state index contributed by atoms with van der Waals surface area (Å²) >= 11 is 1.93. The molecular formula is C13H22N2OS. The lowest BCUT2D eigenvalue weighted by molar-refractivity contribution is 0.0582. The van der Waals surface area contributed by atoms with Crippen molar-refractivity contribution >= 4 is 16.9 Å². The molecule has 17 heavy (non-hydrogen) atoms. The van der Waals surface area contributed by atoms with Crippen molar-refractivity contribution < 1.29 is 4.74 Å². The Bertz CT molecular complexity index is 294. The molecular weight excluding hydrogens is 232 g/mol. The molecule has 4 heteroatoms. The second-order valence-corrected chi connectivity index (χ2v) is 6.59. The highest BCUT2D eigenvalue weighted by molar-refractivity contribution is 8.14. The minimum Gasteiger partial charge on any atom is -0.381 e. The Balaban J connectivity index is 1.51. The van der Waals surface area contributed by atoms with E-state index in [1.54, 1.807) is 0 Å². The molecule has 3 rings (SSSR count). The molecule has 3 fully saturated rings. The second kappa shape index (κ2) is 5.19. The lowest BCUT2D eigenvalue weighted by Crippen LogP contribution is -2.40. The van der Waals surface area contributed by atoms with Gasteiger partial charge in [-0.3, -0.25) is 4.99 Å². The first-order valence-electron chi connectivity index (χ1n) is 6.90. The predicted octanol–water partition coefficient (Wildman–Crippen LogP) is 2.42. The van der Waals surface area contributed by atoms with Gasteiger partial charge in [0.25, 0.3) is 0 Å². The van der Waals surface area contributed by atoms with Crippen LogP contribution in [-0.2, 0) is 4.74 Å². The number of nitrogens with zero attached hydrogens (tertiary/aromatic N) is 1. The van der Waals surface area contributed by atoms with Crippen LogP contribution in [0.5, 0.6) is 0 Å². The Morgan fingerprint density at radius 1 is 1.35 bits per heavy atom. The van der Waals surface area contributed by atoms with Gasteiger partial charge in [-0.2, -0.15) is 0 Å². The molecule has 1 N–H and O–H groups in total. The summed E-state index contributed by atoms with van der Waals surface area (Å²) in [4.78, 5) is 4.75. The Kier molecular flexibility index (Phi) is 3.61. The Morgan fingerprint density at radius 2 is 2.24 bits per heavy atom. The molecule has 1 spiro atoms. The molecule has 1 aliphatic carbocycles. The molecule has 3 nitrogen and oxygen atoms in total. The quantitative estimate of drug-likeness (QED) is 0.821. The first kappa shape index (κ1) is 11.8. The molecule has 2 aliphatic heterocycles. The van der Waals surface area contributed by atoms with E-state index in [0.29, 0.717) is 11.5 Å². The van der Waals surface area contributed by atoms with Crippen LogP contribution in [0.25, 0.3) is 0 Å². The van der Waals surface area contributed by atoms with E-state index in [-0.39, 0.29) is 0 Å². The van der Waals surface area contributed by atoms with Crippen LogP contribution in [0, 0.1) is 5.92 Å². The minimum absolute atomic E-state index is 0.409. The van der Waals surface area contributed by atoms with Crippen LogP contribution in [0.15, 0.2) is 4.99 Å². The lowest BCUT2D eigenvalue weighted by atomic mass is 10.0. The summed E-state index contributed by atoms with van der Waals surface area (Å²) in [7, 11) is 0. The topological polar surface area (TPSA) is 33.6 Å². The smallest absolute Gasteiger partial charge is 0.157 e. The summed E-state index contributed by atoms with van der Waals surface area (Å²) in [6, 6.07) is 0. The summed E-state index contributed by atoms with van der Waals surface area (Å²) in [5.41, 5.74) is 0.409. The zero-order valence-corrected chi connectivity index (χ0v) is 11.2. The fourth-order valence-corrected chi connectivity index (χ4v) is 4.30. The van der Waals surface area contributed by atoms with Crippen LogP contribution in [0.1, 0.15) is 38.5 Å². The van der Waals surface area contributed by atoms with Crippen molar-refractivity contribution in [1.82, 2.24) is 5.32 Å². The summed E-state index contributed by atoms with van der Waals surface area (Å²) < 4.78 is 5.49. The van der Waals surface area contributed by atoms with Crippen LogP contribution in [0.4, 0.5) is 0 Å². The van der Waals surface area contributed by atoms with Gasteiger partial charge >= 0.3 is 0 Å². The number of hydrogen-bond acceptors (Lipinski definition) is 3. The van der Waals surface area contributed by atoms with Crippen LogP contribution < -0.4 is 5.32 Å². The fraction of sp³-hybridized carbons (Fsp3) is 0.923. The maximum Gasteiger partial charge on any atom is 0.157 e. The van der Waals surface area contributed by atoms with Gasteiger partial charge in [0.2, 0.25) is 0 Å². The van der Waals surface area contributed by atoms with E-state index in [0.717, 1.165) is 19.8 Å². The molecule has 0 aromatic heterocycles. The summed E-state index contributed by atoms with van der Waals surface area (Å²) in [5.74, 6) is 1.88. The lowest BCUT2D eigenvalue weighted by Gasteiger charge is -2.22. The Labute approximate surface area is 108 Å². The molecule has 2 saturated heterocycles. The van der Waals surface area contributed by atoms with Crippen LogP contribution in [-0.4, -0.2) is 36.2 Å². The summed E-state index contributed by atoms with van der Waals surface area (Å²) in [6.07, 6.45) is 7.94. The molecule has 96 valence electrons. The monoisotopic (exact) mass is 254 g/mol. The molecule has 0 bridgehead atoms. The average Bonchev–Trinajstić information content (AvgIpc) is 2.99. The molecule has 0 aromatic carbocycles. The predicted molar refractivity (Wildman–Crippen MR) is 72.6 cm³/mol. The number of ether oxygens (including phenoxy) is 1. The van der Waals surface area contributed by atoms with Crippen molar-refractivity contribution in [2.24, 2.45) is 10.9 Å². The molecule has 0 radical (unpaired) electrons. The number of rotatable bonds is 2. The third kappa shape index (κ3) is 2.79. The largest absolute Gasteiger partial charge is 0.381 e. The minimum atomic E-state index is 0.409. The number of thioether (sulfide) groups is 1. The van der Waals surface area contributed by atoms with Crippen LogP contribution in [0.2, 0.25) is 0 Å². The number of nitrogens with one attached hydrogen (secondary N) is 1. The van der Waals surface area contributed by atoms with Crippen molar-refractivity contribution in [2.45, 2.75) is 44.1 Å². The standard InChI is InChI=1S/C13H22N2OS/c1-2-6-13(5-1)10-17-12(15-13)14-8-11-4-3-7-16-9-11/h11H,1-10H2,(H,14,15). The van der Waals surface area contributed by atoms with Crippen molar-refractivity contribution in [3.63, 3.8) is 0 Å². The summed E-state index contributed by atoms with van der Waals surface area (Å²) in [5, 5.41) is 4.87. The van der Waals surface area contributed by atoms with E-state index < -0.39 is 0 Å². The Hall–Kier alpha value is -0.220. The van der Waals surface area contributed by atoms with Gasteiger partial charge in [-0.1, -0.05) is 24.6 Å². The fourth-order valence-electron chi connectivity index (χ4n) is 3.08. The zero-order valence-electron chi connectivity index (χ0n) is 10.4. The van der Waals surface area contributed by atoms with Gasteiger partial charge in [-0.15, -0.1) is 0 Å². The molecule has 3 aliphatic rings. The molecule has 2 heterocycles. The van der Waals surface area contributed by atoms with Crippen molar-refractivity contribution in [2.75, 3.05) is 25.5 Å². The van der Waals surface area contributed by atoms with Gasteiger partial charge < -0.3 is 10.1 Å². The highest BCUT2D eigenvalue weighted by Crippen LogP contribution is 2.37. The Morgan fingerprint density at radius 3 is 3.00 bits per heavy atom. The van der Waals surface area contributed by atoms with E-state index in [2.05, 4.69) is 5.32 Å². The maximum absolute atomic E-state index is 5.49. The molecule has 0 amide bonds. The normalized spacial score (nSPS) is 34.4. The zero-order chi connectivity index (χ0) is 11.6. The van der Waals surface area contributed by atoms with E-state index in [1.807, 2.05) is 11.8 Å². The van der Waals surface area contributed by atoms with E-state index >= 15 is 0 Å². The van der Waals surface area contributed by atoms with Crippen LogP contribution >= 0.6 is 11.8 Å². The van der Waals surface area contributed by atoms with Gasteiger partial charge in [-0.05, 0) is 25.7 Å². The average molecular weight is 254 g/mol. The second-order valence-electron chi connectivity index (χ2n) is 5.63. The van der Waals surface area contributed by atoms with Crippen molar-refractivity contribution in [3.05, 3.63) is 0 Å². The van der Waals surface area contributed by atoms with E-state index in [4.69, 9.17) is 9.73 Å². The van der Waals surface area contributed by atoms with E-state index in [1.165, 1.54) is 49.4 Å². The molecule has 1 atom stereocenters. The SMILES string of the molecule is C1COCC(CN=C2NC3(CCCC3)CS2)C1. The number of amidine groups is 1. The number of hydrogen-bond donors (Lipinski definition) is 1. The molecule has 1 unspecified atom stereocenters. The first-order valence-corrected chi connectivity index (χ1v) is 7.88. The highest BCUT2D eigenvalue weighted by atomic mass is 32.2. The molecule has 1 saturated carbocycles.